The first-order chi connectivity index (χ1) is 5.34. The Morgan fingerprint density at radius 2 is 2.55 bits per heavy atom. The van der Waals surface area contributed by atoms with Gasteiger partial charge in [0.25, 0.3) is 0 Å². The fourth-order valence-corrected chi connectivity index (χ4v) is 1.54. The van der Waals surface area contributed by atoms with Crippen LogP contribution >= 0.6 is 11.3 Å². The van der Waals surface area contributed by atoms with Gasteiger partial charge in [0.15, 0.2) is 0 Å². The normalized spacial score (nSPS) is 9.00. The summed E-state index contributed by atoms with van der Waals surface area (Å²) < 4.78 is 0. The minimum absolute atomic E-state index is 0.566. The molecule has 0 N–H and O–H groups in total. The second-order valence-corrected chi connectivity index (χ2v) is 3.19. The molecule has 0 aromatic carbocycles. The fourth-order valence-electron chi connectivity index (χ4n) is 0.810. The summed E-state index contributed by atoms with van der Waals surface area (Å²) >= 11 is 1.67. The molecule has 0 unspecified atom stereocenters. The summed E-state index contributed by atoms with van der Waals surface area (Å²) in [6.07, 6.45) is 1.35. The monoisotopic (exact) mass is 163 g/mol. The van der Waals surface area contributed by atoms with Crippen LogP contribution in [-0.4, -0.2) is 0 Å². The Balaban J connectivity index is 2.51. The predicted molar refractivity (Wildman–Crippen MR) is 48.2 cm³/mol. The molecule has 0 aliphatic rings. The number of nitriles is 1. The maximum Gasteiger partial charge on any atom is 0.0625 e. The molecule has 1 nitrogen and oxygen atoms in total. The molecule has 0 saturated heterocycles. The van der Waals surface area contributed by atoms with Crippen LogP contribution in [-0.2, 0) is 0 Å². The molecule has 0 amide bonds. The Morgan fingerprint density at radius 3 is 3.09 bits per heavy atom. The van der Waals surface area contributed by atoms with E-state index in [1.54, 1.807) is 11.3 Å². The van der Waals surface area contributed by atoms with E-state index >= 15 is 0 Å². The van der Waals surface area contributed by atoms with Gasteiger partial charge in [-0.2, -0.15) is 5.26 Å². The lowest BCUT2D eigenvalue weighted by atomic mass is 10.1. The molecule has 1 heterocycles. The highest BCUT2D eigenvalue weighted by Crippen LogP contribution is 2.21. The minimum Gasteiger partial charge on any atom is -0.198 e. The summed E-state index contributed by atoms with van der Waals surface area (Å²) in [4.78, 5) is 1.19. The van der Waals surface area contributed by atoms with Crippen molar-refractivity contribution in [1.29, 1.82) is 5.26 Å². The standard InChI is InChI=1S/C9H9NS/c1-8(4-2-6-10)9-5-3-7-11-9/h3,5,7H,1-2,4H2. The Bertz CT molecular complexity index is 266. The number of thiophene rings is 1. The van der Waals surface area contributed by atoms with E-state index in [1.165, 1.54) is 4.88 Å². The van der Waals surface area contributed by atoms with E-state index in [0.29, 0.717) is 6.42 Å². The van der Waals surface area contributed by atoms with Crippen LogP contribution in [0.15, 0.2) is 24.1 Å². The third-order valence-corrected chi connectivity index (χ3v) is 2.38. The number of hydrogen-bond donors (Lipinski definition) is 0. The van der Waals surface area contributed by atoms with Crippen LogP contribution in [0.5, 0.6) is 0 Å². The van der Waals surface area contributed by atoms with Crippen molar-refractivity contribution in [3.63, 3.8) is 0 Å². The minimum atomic E-state index is 0.566. The number of hydrogen-bond acceptors (Lipinski definition) is 2. The molecule has 1 aromatic rings. The predicted octanol–water partition coefficient (Wildman–Crippen LogP) is 3.07. The van der Waals surface area contributed by atoms with E-state index in [1.807, 2.05) is 17.5 Å². The van der Waals surface area contributed by atoms with Gasteiger partial charge in [0, 0.05) is 11.3 Å². The molecular weight excluding hydrogens is 154 g/mol. The first-order valence-electron chi connectivity index (χ1n) is 3.43. The van der Waals surface area contributed by atoms with Gasteiger partial charge >= 0.3 is 0 Å². The third-order valence-electron chi connectivity index (χ3n) is 1.41. The Morgan fingerprint density at radius 1 is 1.73 bits per heavy atom. The molecule has 2 heteroatoms. The van der Waals surface area contributed by atoms with Gasteiger partial charge in [-0.3, -0.25) is 0 Å². The molecule has 56 valence electrons. The van der Waals surface area contributed by atoms with Crippen LogP contribution in [0.1, 0.15) is 17.7 Å². The summed E-state index contributed by atoms with van der Waals surface area (Å²) in [6.45, 7) is 3.89. The van der Waals surface area contributed by atoms with Gasteiger partial charge in [0.1, 0.15) is 0 Å². The highest BCUT2D eigenvalue weighted by molar-refractivity contribution is 7.11. The van der Waals surface area contributed by atoms with E-state index in [2.05, 4.69) is 12.6 Å². The zero-order valence-corrected chi connectivity index (χ0v) is 7.03. The molecule has 0 fully saturated rings. The molecule has 0 spiro atoms. The maximum absolute atomic E-state index is 8.32. The van der Waals surface area contributed by atoms with E-state index in [9.17, 15) is 0 Å². The van der Waals surface area contributed by atoms with Gasteiger partial charge < -0.3 is 0 Å². The zero-order valence-electron chi connectivity index (χ0n) is 6.21. The van der Waals surface area contributed by atoms with Gasteiger partial charge in [-0.15, -0.1) is 11.3 Å². The van der Waals surface area contributed by atoms with Gasteiger partial charge in [-0.25, -0.2) is 0 Å². The topological polar surface area (TPSA) is 23.8 Å². The van der Waals surface area contributed by atoms with Crippen LogP contribution < -0.4 is 0 Å². The van der Waals surface area contributed by atoms with Crippen LogP contribution in [0.4, 0.5) is 0 Å². The van der Waals surface area contributed by atoms with Crippen molar-refractivity contribution in [3.8, 4) is 6.07 Å². The molecule has 1 aromatic heterocycles. The van der Waals surface area contributed by atoms with E-state index in [-0.39, 0.29) is 0 Å². The SMILES string of the molecule is C=C(CCC#N)c1cccs1. The average Bonchev–Trinajstić information content (AvgIpc) is 2.52. The van der Waals surface area contributed by atoms with Crippen molar-refractivity contribution >= 4 is 16.9 Å². The van der Waals surface area contributed by atoms with Crippen molar-refractivity contribution in [2.75, 3.05) is 0 Å². The second kappa shape index (κ2) is 3.95. The fraction of sp³-hybridized carbons (Fsp3) is 0.222. The van der Waals surface area contributed by atoms with Crippen LogP contribution in [0, 0.1) is 11.3 Å². The van der Waals surface area contributed by atoms with Crippen molar-refractivity contribution < 1.29 is 0 Å². The lowest BCUT2D eigenvalue weighted by Crippen LogP contribution is -1.75. The molecule has 0 bridgehead atoms. The highest BCUT2D eigenvalue weighted by Gasteiger charge is 1.97. The van der Waals surface area contributed by atoms with Crippen molar-refractivity contribution in [2.24, 2.45) is 0 Å². The van der Waals surface area contributed by atoms with Crippen LogP contribution in [0.25, 0.3) is 5.57 Å². The second-order valence-electron chi connectivity index (χ2n) is 2.24. The summed E-state index contributed by atoms with van der Waals surface area (Å²) in [5.74, 6) is 0. The Kier molecular flexibility index (Phi) is 2.88. The van der Waals surface area contributed by atoms with E-state index in [4.69, 9.17) is 5.26 Å². The Hall–Kier alpha value is -1.07. The molecule has 1 rings (SSSR count). The zero-order chi connectivity index (χ0) is 8.10. The number of allylic oxidation sites excluding steroid dienone is 1. The highest BCUT2D eigenvalue weighted by atomic mass is 32.1. The molecule has 0 aliphatic heterocycles. The molecular formula is C9H9NS. The number of nitrogens with zero attached hydrogens (tertiary/aromatic N) is 1. The van der Waals surface area contributed by atoms with Crippen molar-refractivity contribution in [3.05, 3.63) is 29.0 Å². The van der Waals surface area contributed by atoms with Gasteiger partial charge in [0.05, 0.1) is 6.07 Å². The summed E-state index contributed by atoms with van der Waals surface area (Å²) in [6, 6.07) is 6.13. The maximum atomic E-state index is 8.32. The summed E-state index contributed by atoms with van der Waals surface area (Å²) in [5.41, 5.74) is 1.07. The first kappa shape index (κ1) is 8.03. The molecule has 11 heavy (non-hydrogen) atoms. The van der Waals surface area contributed by atoms with E-state index in [0.717, 1.165) is 12.0 Å². The Labute approximate surface area is 70.6 Å². The average molecular weight is 163 g/mol. The van der Waals surface area contributed by atoms with Gasteiger partial charge in [0.2, 0.25) is 0 Å². The third kappa shape index (κ3) is 2.21. The summed E-state index contributed by atoms with van der Waals surface area (Å²) in [5, 5.41) is 10.3. The smallest absolute Gasteiger partial charge is 0.0625 e. The van der Waals surface area contributed by atoms with Crippen molar-refractivity contribution in [2.45, 2.75) is 12.8 Å². The number of rotatable bonds is 3. The largest absolute Gasteiger partial charge is 0.198 e. The first-order valence-corrected chi connectivity index (χ1v) is 4.31. The van der Waals surface area contributed by atoms with Crippen LogP contribution in [0.2, 0.25) is 0 Å². The van der Waals surface area contributed by atoms with Gasteiger partial charge in [-0.1, -0.05) is 12.6 Å². The lowest BCUT2D eigenvalue weighted by Gasteiger charge is -1.96. The molecule has 0 saturated carbocycles. The van der Waals surface area contributed by atoms with Crippen molar-refractivity contribution in [1.82, 2.24) is 0 Å². The quantitative estimate of drug-likeness (QED) is 0.671. The van der Waals surface area contributed by atoms with Gasteiger partial charge in [-0.05, 0) is 23.4 Å². The molecule has 0 radical (unpaired) electrons. The van der Waals surface area contributed by atoms with Crippen LogP contribution in [0.3, 0.4) is 0 Å². The molecule has 0 aliphatic carbocycles. The lowest BCUT2D eigenvalue weighted by molar-refractivity contribution is 1.09. The molecule has 0 atom stereocenters. The van der Waals surface area contributed by atoms with E-state index < -0.39 is 0 Å². The summed E-state index contributed by atoms with van der Waals surface area (Å²) in [7, 11) is 0.